The molecule has 1 aromatic heterocycles. The number of carbonyl (C=O) groups excluding carboxylic acids is 2. The molecule has 6 rings (SSSR count). The van der Waals surface area contributed by atoms with E-state index < -0.39 is 17.1 Å². The molecule has 0 saturated carbocycles. The highest BCUT2D eigenvalue weighted by atomic mass is 32.2. The van der Waals surface area contributed by atoms with Crippen LogP contribution >= 0.6 is 23.1 Å². The summed E-state index contributed by atoms with van der Waals surface area (Å²) in [7, 11) is 3.12. The summed E-state index contributed by atoms with van der Waals surface area (Å²) >= 11 is 2.32. The van der Waals surface area contributed by atoms with Gasteiger partial charge in [0.2, 0.25) is 11.8 Å². The van der Waals surface area contributed by atoms with Crippen LogP contribution in [0.1, 0.15) is 27.5 Å². The van der Waals surface area contributed by atoms with E-state index in [1.165, 1.54) is 16.7 Å². The number of aryl methyl sites for hydroxylation is 1. The lowest BCUT2D eigenvalue weighted by Gasteiger charge is -2.30. The van der Waals surface area contributed by atoms with Gasteiger partial charge in [-0.2, -0.15) is 0 Å². The van der Waals surface area contributed by atoms with Crippen molar-refractivity contribution < 1.29 is 23.8 Å². The quantitative estimate of drug-likeness (QED) is 0.306. The van der Waals surface area contributed by atoms with E-state index in [0.717, 1.165) is 32.9 Å². The number of imide groups is 1. The van der Waals surface area contributed by atoms with E-state index >= 15 is 0 Å². The third-order valence-corrected chi connectivity index (χ3v) is 9.58. The number of aromatic nitrogens is 1. The molecule has 2 aliphatic heterocycles. The molecule has 0 spiro atoms. The number of aromatic amines is 1. The number of methoxy groups -OCH3 is 2. The van der Waals surface area contributed by atoms with Crippen LogP contribution in [0.4, 0.5) is 5.69 Å². The fraction of sp³-hybridized carbons (Fsp3) is 0.233. The predicted molar refractivity (Wildman–Crippen MR) is 154 cm³/mol. The van der Waals surface area contributed by atoms with E-state index in [1.807, 2.05) is 43.3 Å². The van der Waals surface area contributed by atoms with E-state index in [0.29, 0.717) is 34.6 Å². The zero-order chi connectivity index (χ0) is 28.0. The van der Waals surface area contributed by atoms with Crippen LogP contribution in [0.25, 0.3) is 0 Å². The summed E-state index contributed by atoms with van der Waals surface area (Å²) in [5, 5.41) is -0.0571. The number of nitrogens with one attached hydrogen (secondary N) is 1. The summed E-state index contributed by atoms with van der Waals surface area (Å²) < 4.78 is 17.0. The van der Waals surface area contributed by atoms with Crippen LogP contribution in [0.15, 0.2) is 76.6 Å². The van der Waals surface area contributed by atoms with Crippen molar-refractivity contribution >= 4 is 40.6 Å². The minimum absolute atomic E-state index is 0.223. The summed E-state index contributed by atoms with van der Waals surface area (Å²) in [6.07, 6.45) is 0. The second-order valence-corrected chi connectivity index (χ2v) is 11.8. The van der Waals surface area contributed by atoms with Crippen LogP contribution in [0.3, 0.4) is 0 Å². The Kier molecular flexibility index (Phi) is 6.89. The number of carbonyl (C=O) groups is 2. The van der Waals surface area contributed by atoms with E-state index in [4.69, 9.17) is 14.2 Å². The van der Waals surface area contributed by atoms with E-state index in [2.05, 4.69) is 11.1 Å². The van der Waals surface area contributed by atoms with E-state index in [9.17, 15) is 14.4 Å². The molecule has 0 radical (unpaired) electrons. The second kappa shape index (κ2) is 10.5. The van der Waals surface area contributed by atoms with Crippen molar-refractivity contribution in [3.05, 3.63) is 98.0 Å². The molecule has 4 aromatic rings. The third-order valence-electron chi connectivity index (χ3n) is 7.18. The smallest absolute Gasteiger partial charge is 0.305 e. The number of fused-ring (bicyclic) bond motifs is 2. The molecular weight excluding hydrogens is 548 g/mol. The van der Waals surface area contributed by atoms with Gasteiger partial charge in [-0.1, -0.05) is 59.0 Å². The SMILES string of the molecule is COc1ccc(N2C(=O)C3Sc4[nH]c(=O)sc4[C@H](c4ccc(OCc5cccc(C)c5)c(OC)c4)C3C2=O)cc1. The predicted octanol–water partition coefficient (Wildman–Crippen LogP) is 5.14. The van der Waals surface area contributed by atoms with Crippen molar-refractivity contribution in [3.63, 3.8) is 0 Å². The summed E-state index contributed by atoms with van der Waals surface area (Å²) in [6.45, 7) is 2.40. The van der Waals surface area contributed by atoms with Crippen molar-refractivity contribution in [2.24, 2.45) is 5.92 Å². The van der Waals surface area contributed by atoms with Crippen molar-refractivity contribution in [1.82, 2.24) is 4.98 Å². The van der Waals surface area contributed by atoms with Crippen LogP contribution in [0.2, 0.25) is 0 Å². The Morgan fingerprint density at radius 1 is 0.900 bits per heavy atom. The third kappa shape index (κ3) is 4.56. The number of benzene rings is 3. The summed E-state index contributed by atoms with van der Waals surface area (Å²) in [5.41, 5.74) is 3.44. The Balaban J connectivity index is 1.36. The maximum Gasteiger partial charge on any atom is 0.305 e. The second-order valence-electron chi connectivity index (χ2n) is 9.65. The molecule has 2 unspecified atom stereocenters. The summed E-state index contributed by atoms with van der Waals surface area (Å²) in [4.78, 5) is 44.6. The number of rotatable bonds is 7. The fourth-order valence-electron chi connectivity index (χ4n) is 5.32. The number of thiazole rings is 1. The van der Waals surface area contributed by atoms with E-state index in [1.54, 1.807) is 38.5 Å². The van der Waals surface area contributed by atoms with Gasteiger partial charge in [-0.15, -0.1) is 0 Å². The standard InChI is InChI=1S/C30H26N2O6S2/c1-16-5-4-6-17(13-16)15-38-21-12-7-18(14-22(21)37-3)23-24-26(39-27-25(23)40-30(35)31-27)29(34)32(28(24)33)19-8-10-20(36-2)11-9-19/h4-14,23-24,26H,15H2,1-3H3,(H,31,35)/t23-,24?,26?/m1/s1. The highest BCUT2D eigenvalue weighted by molar-refractivity contribution is 8.00. The lowest BCUT2D eigenvalue weighted by molar-refractivity contribution is -0.122. The lowest BCUT2D eigenvalue weighted by atomic mass is 9.83. The molecule has 10 heteroatoms. The van der Waals surface area contributed by atoms with Crippen molar-refractivity contribution in [2.75, 3.05) is 19.1 Å². The number of hydrogen-bond donors (Lipinski definition) is 1. The minimum Gasteiger partial charge on any atom is -0.497 e. The monoisotopic (exact) mass is 574 g/mol. The number of nitrogens with zero attached hydrogens (tertiary/aromatic N) is 1. The largest absolute Gasteiger partial charge is 0.497 e. The molecule has 3 atom stereocenters. The average Bonchev–Trinajstić information content (AvgIpc) is 3.46. The molecule has 3 heterocycles. The molecule has 2 amide bonds. The Hall–Kier alpha value is -4.02. The first-order valence-corrected chi connectivity index (χ1v) is 14.4. The molecule has 2 aliphatic rings. The van der Waals surface area contributed by atoms with E-state index in [-0.39, 0.29) is 16.7 Å². The molecule has 3 aromatic carbocycles. The van der Waals surface area contributed by atoms with Gasteiger partial charge in [0.25, 0.3) is 0 Å². The molecule has 1 N–H and O–H groups in total. The number of hydrogen-bond acceptors (Lipinski definition) is 8. The van der Waals surface area contributed by atoms with Gasteiger partial charge < -0.3 is 19.2 Å². The molecule has 8 nitrogen and oxygen atoms in total. The molecular formula is C30H26N2O6S2. The number of H-pyrrole nitrogens is 1. The first kappa shape index (κ1) is 26.2. The number of thioether (sulfide) groups is 1. The Bertz CT molecular complexity index is 1660. The Morgan fingerprint density at radius 3 is 2.42 bits per heavy atom. The highest BCUT2D eigenvalue weighted by Gasteiger charge is 2.56. The van der Waals surface area contributed by atoms with Crippen LogP contribution in [0.5, 0.6) is 17.2 Å². The van der Waals surface area contributed by atoms with Crippen LogP contribution in [0, 0.1) is 12.8 Å². The van der Waals surface area contributed by atoms with Crippen LogP contribution < -0.4 is 24.0 Å². The number of anilines is 1. The zero-order valence-corrected chi connectivity index (χ0v) is 23.6. The van der Waals surface area contributed by atoms with Crippen LogP contribution in [-0.2, 0) is 16.2 Å². The number of amides is 2. The van der Waals surface area contributed by atoms with Crippen molar-refractivity contribution in [2.45, 2.75) is 29.7 Å². The molecule has 0 aliphatic carbocycles. The molecule has 1 saturated heterocycles. The first-order chi connectivity index (χ1) is 19.4. The van der Waals surface area contributed by atoms with Crippen molar-refractivity contribution in [3.8, 4) is 17.2 Å². The summed E-state index contributed by atoms with van der Waals surface area (Å²) in [6, 6.07) is 20.5. The maximum absolute atomic E-state index is 13.9. The topological polar surface area (TPSA) is 97.9 Å². The van der Waals surface area contributed by atoms with Gasteiger partial charge in [0, 0.05) is 10.8 Å². The van der Waals surface area contributed by atoms with Gasteiger partial charge in [-0.3, -0.25) is 14.4 Å². The van der Waals surface area contributed by atoms with Gasteiger partial charge >= 0.3 is 4.87 Å². The normalized spacial score (nSPS) is 19.8. The molecule has 40 heavy (non-hydrogen) atoms. The van der Waals surface area contributed by atoms with Crippen molar-refractivity contribution in [1.29, 1.82) is 0 Å². The maximum atomic E-state index is 13.9. The lowest BCUT2D eigenvalue weighted by Crippen LogP contribution is -2.32. The Morgan fingerprint density at radius 2 is 1.70 bits per heavy atom. The number of ether oxygens (including phenoxy) is 3. The van der Waals surface area contributed by atoms with Gasteiger partial charge in [0.1, 0.15) is 17.6 Å². The molecule has 1 fully saturated rings. The molecule has 0 bridgehead atoms. The first-order valence-electron chi connectivity index (χ1n) is 12.7. The fourth-order valence-corrected chi connectivity index (χ4v) is 7.84. The Labute approximate surface area is 238 Å². The van der Waals surface area contributed by atoms with Gasteiger partial charge in [-0.25, -0.2) is 4.90 Å². The highest BCUT2D eigenvalue weighted by Crippen LogP contribution is 2.53. The zero-order valence-electron chi connectivity index (χ0n) is 22.0. The van der Waals surface area contributed by atoms with Gasteiger partial charge in [0.05, 0.1) is 30.9 Å². The minimum atomic E-state index is -0.692. The average molecular weight is 575 g/mol. The van der Waals surface area contributed by atoms with Gasteiger partial charge in [0.15, 0.2) is 11.5 Å². The summed E-state index contributed by atoms with van der Waals surface area (Å²) in [5.74, 6) is -0.115. The van der Waals surface area contributed by atoms with Gasteiger partial charge in [-0.05, 0) is 54.4 Å². The molecule has 204 valence electrons. The van der Waals surface area contributed by atoms with Crippen LogP contribution in [-0.4, -0.2) is 36.3 Å².